The Morgan fingerprint density at radius 1 is 1.11 bits per heavy atom. The van der Waals surface area contributed by atoms with Crippen LogP contribution in [0, 0.1) is 5.92 Å². The van der Waals surface area contributed by atoms with Crippen molar-refractivity contribution in [2.75, 3.05) is 11.1 Å². The van der Waals surface area contributed by atoms with Crippen molar-refractivity contribution in [3.63, 3.8) is 0 Å². The number of hydrogen-bond donors (Lipinski definition) is 2. The molecule has 2 amide bonds. The number of benzene rings is 2. The second-order valence-corrected chi connectivity index (χ2v) is 10.3. The Kier molecular flexibility index (Phi) is 9.60. The molecular formula is C25H29Cl2N5O2S. The molecule has 0 fully saturated rings. The maximum absolute atomic E-state index is 12.9. The first-order valence-electron chi connectivity index (χ1n) is 11.3. The molecule has 0 saturated carbocycles. The zero-order valence-corrected chi connectivity index (χ0v) is 22.5. The Hall–Kier alpha value is -2.55. The lowest BCUT2D eigenvalue weighted by atomic mass is 10.0. The van der Waals surface area contributed by atoms with Gasteiger partial charge in [0.15, 0.2) is 11.0 Å². The number of thioether (sulfide) groups is 1. The monoisotopic (exact) mass is 533 g/mol. The van der Waals surface area contributed by atoms with Gasteiger partial charge in [0, 0.05) is 17.8 Å². The maximum Gasteiger partial charge on any atom is 0.253 e. The number of halogens is 2. The minimum absolute atomic E-state index is 0.120. The summed E-state index contributed by atoms with van der Waals surface area (Å²) in [5.74, 6) is 0.647. The van der Waals surface area contributed by atoms with E-state index in [0.29, 0.717) is 33.9 Å². The lowest BCUT2D eigenvalue weighted by molar-refractivity contribution is -0.113. The van der Waals surface area contributed by atoms with E-state index < -0.39 is 0 Å². The summed E-state index contributed by atoms with van der Waals surface area (Å²) in [6.07, 6.45) is 1.49. The summed E-state index contributed by atoms with van der Waals surface area (Å²) in [4.78, 5) is 25.5. The minimum atomic E-state index is -0.383. The Labute approximate surface area is 220 Å². The molecule has 1 aromatic heterocycles. The molecule has 0 aliphatic heterocycles. The lowest BCUT2D eigenvalue weighted by Gasteiger charge is -2.20. The van der Waals surface area contributed by atoms with Gasteiger partial charge in [-0.2, -0.15) is 0 Å². The van der Waals surface area contributed by atoms with Crippen molar-refractivity contribution in [3.05, 3.63) is 69.5 Å². The third-order valence-electron chi connectivity index (χ3n) is 5.37. The summed E-state index contributed by atoms with van der Waals surface area (Å²) < 4.78 is 1.81. The molecule has 2 aromatic carbocycles. The molecular weight excluding hydrogens is 505 g/mol. The number of aryl methyl sites for hydroxylation is 1. The van der Waals surface area contributed by atoms with Gasteiger partial charge in [-0.25, -0.2) is 0 Å². The first kappa shape index (κ1) is 27.0. The summed E-state index contributed by atoms with van der Waals surface area (Å²) in [5.41, 5.74) is 2.24. The van der Waals surface area contributed by atoms with Crippen molar-refractivity contribution < 1.29 is 9.59 Å². The average molecular weight is 535 g/mol. The number of nitrogens with one attached hydrogen (secondary N) is 2. The quantitative estimate of drug-likeness (QED) is 0.315. The van der Waals surface area contributed by atoms with E-state index in [0.717, 1.165) is 17.7 Å². The molecule has 0 aliphatic carbocycles. The van der Waals surface area contributed by atoms with Crippen LogP contribution in [0.2, 0.25) is 10.0 Å². The second-order valence-electron chi connectivity index (χ2n) is 8.53. The highest BCUT2D eigenvalue weighted by Gasteiger charge is 2.24. The molecule has 2 N–H and O–H groups in total. The minimum Gasteiger partial charge on any atom is -0.342 e. The van der Waals surface area contributed by atoms with Crippen LogP contribution in [0.4, 0.5) is 5.69 Å². The van der Waals surface area contributed by atoms with Crippen LogP contribution < -0.4 is 10.6 Å². The fourth-order valence-electron chi connectivity index (χ4n) is 3.63. The fraction of sp³-hybridized carbons (Fsp3) is 0.360. The molecule has 0 bridgehead atoms. The van der Waals surface area contributed by atoms with Crippen LogP contribution >= 0.6 is 35.0 Å². The summed E-state index contributed by atoms with van der Waals surface area (Å²) in [6.45, 7) is 6.19. The van der Waals surface area contributed by atoms with Gasteiger partial charge in [-0.05, 0) is 48.6 Å². The maximum atomic E-state index is 12.9. The van der Waals surface area contributed by atoms with Crippen LogP contribution in [0.15, 0.2) is 47.6 Å². The fourth-order valence-corrected chi connectivity index (χ4v) is 4.84. The highest BCUT2D eigenvalue weighted by molar-refractivity contribution is 7.99. The number of rotatable bonds is 10. The van der Waals surface area contributed by atoms with E-state index in [9.17, 15) is 9.59 Å². The molecule has 0 spiro atoms. The largest absolute Gasteiger partial charge is 0.342 e. The topological polar surface area (TPSA) is 88.9 Å². The molecule has 0 saturated heterocycles. The van der Waals surface area contributed by atoms with Crippen molar-refractivity contribution in [3.8, 4) is 0 Å². The van der Waals surface area contributed by atoms with Gasteiger partial charge in [0.25, 0.3) is 5.91 Å². The highest BCUT2D eigenvalue weighted by atomic mass is 35.5. The van der Waals surface area contributed by atoms with E-state index in [-0.39, 0.29) is 28.6 Å². The lowest BCUT2D eigenvalue weighted by Crippen LogP contribution is -2.31. The van der Waals surface area contributed by atoms with E-state index in [1.807, 2.05) is 42.8 Å². The Morgan fingerprint density at radius 3 is 2.54 bits per heavy atom. The van der Waals surface area contributed by atoms with Crippen LogP contribution in [0.25, 0.3) is 0 Å². The average Bonchev–Trinajstić information content (AvgIpc) is 3.17. The molecule has 10 heteroatoms. The van der Waals surface area contributed by atoms with Gasteiger partial charge < -0.3 is 15.2 Å². The number of carbonyl (C=O) groups excluding carboxylic acids is 2. The number of para-hydroxylation sites is 1. The van der Waals surface area contributed by atoms with E-state index in [1.54, 1.807) is 12.1 Å². The van der Waals surface area contributed by atoms with E-state index in [1.165, 1.54) is 17.8 Å². The van der Waals surface area contributed by atoms with E-state index >= 15 is 0 Å². The molecule has 0 unspecified atom stereocenters. The molecule has 7 nitrogen and oxygen atoms in total. The molecule has 3 aromatic rings. The zero-order valence-electron chi connectivity index (χ0n) is 20.1. The van der Waals surface area contributed by atoms with Gasteiger partial charge in [-0.3, -0.25) is 9.59 Å². The van der Waals surface area contributed by atoms with Crippen molar-refractivity contribution in [2.45, 2.75) is 44.8 Å². The normalized spacial score (nSPS) is 12.0. The summed E-state index contributed by atoms with van der Waals surface area (Å²) in [6, 6.07) is 12.1. The van der Waals surface area contributed by atoms with Crippen molar-refractivity contribution in [1.29, 1.82) is 0 Å². The first-order chi connectivity index (χ1) is 16.7. The molecule has 0 aliphatic rings. The predicted molar refractivity (Wildman–Crippen MR) is 142 cm³/mol. The van der Waals surface area contributed by atoms with Crippen LogP contribution in [0.5, 0.6) is 0 Å². The Bertz CT molecular complexity index is 1200. The molecule has 35 heavy (non-hydrogen) atoms. The van der Waals surface area contributed by atoms with Gasteiger partial charge >= 0.3 is 0 Å². The van der Waals surface area contributed by atoms with Crippen molar-refractivity contribution in [2.24, 2.45) is 13.0 Å². The van der Waals surface area contributed by atoms with Crippen molar-refractivity contribution in [1.82, 2.24) is 20.1 Å². The van der Waals surface area contributed by atoms with Crippen LogP contribution in [0.1, 0.15) is 55.0 Å². The second kappa shape index (κ2) is 12.4. The number of nitrogens with zero attached hydrogens (tertiary/aromatic N) is 3. The third kappa shape index (κ3) is 7.22. The summed E-state index contributed by atoms with van der Waals surface area (Å²) >= 11 is 13.5. The SMILES string of the molecule is CCc1ccccc1NC(=O)CSc1nnc([C@@H](CC(C)C)NC(=O)c2ccc(Cl)cc2Cl)n1C. The van der Waals surface area contributed by atoms with Gasteiger partial charge in [0.05, 0.1) is 22.4 Å². The van der Waals surface area contributed by atoms with E-state index in [2.05, 4.69) is 34.7 Å². The number of carbonyl (C=O) groups is 2. The zero-order chi connectivity index (χ0) is 25.5. The molecule has 3 rings (SSSR count). The number of aromatic nitrogens is 3. The van der Waals surface area contributed by atoms with Gasteiger partial charge in [0.1, 0.15) is 0 Å². The van der Waals surface area contributed by atoms with Gasteiger partial charge in [-0.15, -0.1) is 10.2 Å². The molecule has 0 radical (unpaired) electrons. The van der Waals surface area contributed by atoms with Gasteiger partial charge in [-0.1, -0.05) is 73.9 Å². The van der Waals surface area contributed by atoms with Crippen LogP contribution in [0.3, 0.4) is 0 Å². The smallest absolute Gasteiger partial charge is 0.253 e. The first-order valence-corrected chi connectivity index (χ1v) is 13.1. The van der Waals surface area contributed by atoms with Crippen molar-refractivity contribution >= 4 is 52.5 Å². The summed E-state index contributed by atoms with van der Waals surface area (Å²) in [5, 5.41) is 15.9. The van der Waals surface area contributed by atoms with Crippen LogP contribution in [-0.2, 0) is 18.3 Å². The Morgan fingerprint density at radius 2 is 1.86 bits per heavy atom. The number of hydrogen-bond acceptors (Lipinski definition) is 5. The number of anilines is 1. The van der Waals surface area contributed by atoms with Crippen LogP contribution in [-0.4, -0.2) is 32.3 Å². The molecule has 1 heterocycles. The van der Waals surface area contributed by atoms with Gasteiger partial charge in [0.2, 0.25) is 5.91 Å². The Balaban J connectivity index is 1.70. The molecule has 186 valence electrons. The molecule has 1 atom stereocenters. The highest BCUT2D eigenvalue weighted by Crippen LogP contribution is 2.26. The number of amides is 2. The van der Waals surface area contributed by atoms with E-state index in [4.69, 9.17) is 23.2 Å². The predicted octanol–water partition coefficient (Wildman–Crippen LogP) is 5.93. The third-order valence-corrected chi connectivity index (χ3v) is 6.94. The standard InChI is InChI=1S/C25H29Cl2N5O2S/c1-5-16-8-6-7-9-20(16)28-22(33)14-35-25-31-30-23(32(25)4)21(12-15(2)3)29-24(34)18-11-10-17(26)13-19(18)27/h6-11,13,15,21H,5,12,14H2,1-4H3,(H,28,33)(H,29,34)/t21-/m1/s1. The summed E-state index contributed by atoms with van der Waals surface area (Å²) in [7, 11) is 1.83.